The maximum atomic E-state index is 11.5. The number of amides is 3. The van der Waals surface area contributed by atoms with Crippen LogP contribution in [0.3, 0.4) is 0 Å². The molecule has 0 aromatic carbocycles. The lowest BCUT2D eigenvalue weighted by atomic mass is 10.0. The second kappa shape index (κ2) is 8.90. The number of nitrogens with one attached hydrogen (secondary N) is 2. The molecule has 0 unspecified atom stereocenters. The zero-order valence-corrected chi connectivity index (χ0v) is 11.6. The maximum absolute atomic E-state index is 11.5. The molecule has 1 aromatic heterocycles. The number of nitrogens with zero attached hydrogens (tertiary/aromatic N) is 1. The largest absolute Gasteiger partial charge is 0.370 e. The van der Waals surface area contributed by atoms with Crippen LogP contribution in [0.5, 0.6) is 0 Å². The molecular formula is C14H21N4O2. The molecule has 0 saturated carbocycles. The Bertz CT molecular complexity index is 422. The Morgan fingerprint density at radius 2 is 2.05 bits per heavy atom. The van der Waals surface area contributed by atoms with E-state index in [0.29, 0.717) is 19.5 Å². The van der Waals surface area contributed by atoms with Crippen LogP contribution in [-0.2, 0) is 11.2 Å². The van der Waals surface area contributed by atoms with Gasteiger partial charge in [-0.05, 0) is 36.5 Å². The molecule has 3 amide bonds. The molecule has 0 fully saturated rings. The number of nitrogens with two attached hydrogens (primary N) is 1. The van der Waals surface area contributed by atoms with E-state index >= 15 is 0 Å². The molecule has 1 rings (SSSR count). The first-order valence-electron chi connectivity index (χ1n) is 6.60. The molecule has 109 valence electrons. The third-order valence-corrected chi connectivity index (χ3v) is 2.75. The van der Waals surface area contributed by atoms with E-state index in [1.807, 2.05) is 25.5 Å². The van der Waals surface area contributed by atoms with E-state index in [2.05, 4.69) is 15.6 Å². The second-order valence-electron chi connectivity index (χ2n) is 4.63. The zero-order valence-electron chi connectivity index (χ0n) is 11.6. The van der Waals surface area contributed by atoms with Crippen molar-refractivity contribution in [3.63, 3.8) is 0 Å². The van der Waals surface area contributed by atoms with E-state index in [-0.39, 0.29) is 17.9 Å². The van der Waals surface area contributed by atoms with Crippen LogP contribution in [0.15, 0.2) is 24.5 Å². The molecule has 0 bridgehead atoms. The number of carbonyl (C=O) groups is 2. The summed E-state index contributed by atoms with van der Waals surface area (Å²) >= 11 is 0. The molecule has 1 atom stereocenters. The van der Waals surface area contributed by atoms with Crippen LogP contribution in [0.4, 0.5) is 4.79 Å². The molecule has 1 aromatic rings. The summed E-state index contributed by atoms with van der Waals surface area (Å²) in [6, 6.07) is 3.61. The predicted molar refractivity (Wildman–Crippen MR) is 76.6 cm³/mol. The number of rotatable bonds is 8. The Hall–Kier alpha value is -2.11. The number of carbonyl (C=O) groups excluding carboxylic acids is 2. The number of hydrogen-bond acceptors (Lipinski definition) is 3. The Labute approximate surface area is 119 Å². The summed E-state index contributed by atoms with van der Waals surface area (Å²) < 4.78 is 0. The summed E-state index contributed by atoms with van der Waals surface area (Å²) in [7, 11) is 0. The van der Waals surface area contributed by atoms with Crippen molar-refractivity contribution in [1.82, 2.24) is 15.6 Å². The fourth-order valence-corrected chi connectivity index (χ4v) is 1.69. The summed E-state index contributed by atoms with van der Waals surface area (Å²) in [6.45, 7) is 2.86. The third kappa shape index (κ3) is 7.35. The van der Waals surface area contributed by atoms with Crippen molar-refractivity contribution in [2.24, 2.45) is 11.7 Å². The summed E-state index contributed by atoms with van der Waals surface area (Å²) in [4.78, 5) is 26.1. The highest BCUT2D eigenvalue weighted by Crippen LogP contribution is 2.03. The fourth-order valence-electron chi connectivity index (χ4n) is 1.69. The Morgan fingerprint density at radius 3 is 2.70 bits per heavy atom. The van der Waals surface area contributed by atoms with Crippen molar-refractivity contribution in [2.45, 2.75) is 19.8 Å². The van der Waals surface area contributed by atoms with E-state index < -0.39 is 0 Å². The van der Waals surface area contributed by atoms with Gasteiger partial charge in [-0.3, -0.25) is 9.78 Å². The zero-order chi connectivity index (χ0) is 14.8. The number of hydrogen-bond donors (Lipinski definition) is 3. The average Bonchev–Trinajstić information content (AvgIpc) is 2.39. The minimum absolute atomic E-state index is 0.0598. The van der Waals surface area contributed by atoms with Gasteiger partial charge in [0.15, 0.2) is 0 Å². The van der Waals surface area contributed by atoms with Gasteiger partial charge in [-0.25, -0.2) is 4.79 Å². The monoisotopic (exact) mass is 277 g/mol. The quantitative estimate of drug-likeness (QED) is 0.650. The van der Waals surface area contributed by atoms with E-state index in [1.54, 1.807) is 12.4 Å². The lowest BCUT2D eigenvalue weighted by Crippen LogP contribution is -2.37. The topological polar surface area (TPSA) is 97.1 Å². The molecular weight excluding hydrogens is 256 g/mol. The highest BCUT2D eigenvalue weighted by molar-refractivity contribution is 5.74. The Morgan fingerprint density at radius 1 is 1.35 bits per heavy atom. The van der Waals surface area contributed by atoms with Gasteiger partial charge in [0, 0.05) is 31.9 Å². The van der Waals surface area contributed by atoms with Crippen LogP contribution in [0.25, 0.3) is 0 Å². The molecule has 1 heterocycles. The standard InChI is InChI=1S/C14H21N4O2/c1-11(10-13(15)19)2-8-17-14(20)18-9-5-12-3-6-16-7-4-12/h2-4,6-7,11H,5,8-10H2,1H3,(H2,15,19)(H2,17,18,20)/t11-/m0/s1. The van der Waals surface area contributed by atoms with Gasteiger partial charge in [-0.2, -0.15) is 0 Å². The van der Waals surface area contributed by atoms with E-state index in [4.69, 9.17) is 5.73 Å². The van der Waals surface area contributed by atoms with E-state index in [0.717, 1.165) is 12.0 Å². The van der Waals surface area contributed by atoms with Gasteiger partial charge in [0.25, 0.3) is 0 Å². The maximum Gasteiger partial charge on any atom is 0.314 e. The molecule has 0 saturated heterocycles. The number of pyridine rings is 1. The summed E-state index contributed by atoms with van der Waals surface area (Å²) in [5, 5.41) is 5.47. The summed E-state index contributed by atoms with van der Waals surface area (Å²) in [5.74, 6) is -0.278. The van der Waals surface area contributed by atoms with E-state index in [1.165, 1.54) is 0 Å². The van der Waals surface area contributed by atoms with Crippen molar-refractivity contribution in [3.8, 4) is 0 Å². The van der Waals surface area contributed by atoms with Crippen molar-refractivity contribution in [2.75, 3.05) is 13.1 Å². The minimum Gasteiger partial charge on any atom is -0.370 e. The van der Waals surface area contributed by atoms with Gasteiger partial charge < -0.3 is 16.4 Å². The van der Waals surface area contributed by atoms with Gasteiger partial charge in [-0.1, -0.05) is 6.92 Å². The molecule has 6 heteroatoms. The Kier molecular flexibility index (Phi) is 7.10. The van der Waals surface area contributed by atoms with Crippen molar-refractivity contribution in [3.05, 3.63) is 36.5 Å². The number of aromatic nitrogens is 1. The van der Waals surface area contributed by atoms with Gasteiger partial charge in [0.1, 0.15) is 0 Å². The molecule has 0 spiro atoms. The van der Waals surface area contributed by atoms with Gasteiger partial charge >= 0.3 is 6.03 Å². The molecule has 20 heavy (non-hydrogen) atoms. The third-order valence-electron chi connectivity index (χ3n) is 2.75. The van der Waals surface area contributed by atoms with Crippen LogP contribution >= 0.6 is 0 Å². The SMILES string of the molecule is C[C@@H]([CH]CNC(=O)NCCc1ccncc1)CC(N)=O. The normalized spacial score (nSPS) is 11.7. The lowest BCUT2D eigenvalue weighted by molar-refractivity contribution is -0.118. The lowest BCUT2D eigenvalue weighted by Gasteiger charge is -2.10. The highest BCUT2D eigenvalue weighted by atomic mass is 16.2. The van der Waals surface area contributed by atoms with Crippen LogP contribution < -0.4 is 16.4 Å². The van der Waals surface area contributed by atoms with Crippen LogP contribution in [-0.4, -0.2) is 30.0 Å². The minimum atomic E-state index is -0.337. The first-order chi connectivity index (χ1) is 9.58. The van der Waals surface area contributed by atoms with Crippen molar-refractivity contribution < 1.29 is 9.59 Å². The molecule has 0 aliphatic rings. The molecule has 0 aliphatic heterocycles. The van der Waals surface area contributed by atoms with Crippen LogP contribution in [0.1, 0.15) is 18.9 Å². The highest BCUT2D eigenvalue weighted by Gasteiger charge is 2.07. The average molecular weight is 277 g/mol. The van der Waals surface area contributed by atoms with Gasteiger partial charge in [0.05, 0.1) is 0 Å². The molecule has 4 N–H and O–H groups in total. The predicted octanol–water partition coefficient (Wildman–Crippen LogP) is 0.639. The summed E-state index contributed by atoms with van der Waals surface area (Å²) in [6.07, 6.45) is 6.37. The molecule has 1 radical (unpaired) electrons. The fraction of sp³-hybridized carbons (Fsp3) is 0.429. The number of urea groups is 1. The summed E-state index contributed by atoms with van der Waals surface area (Å²) in [5.41, 5.74) is 6.21. The first-order valence-corrected chi connectivity index (χ1v) is 6.60. The smallest absolute Gasteiger partial charge is 0.314 e. The van der Waals surface area contributed by atoms with Crippen LogP contribution in [0, 0.1) is 12.3 Å². The first kappa shape index (κ1) is 15.9. The Balaban J connectivity index is 2.07. The van der Waals surface area contributed by atoms with Gasteiger partial charge in [0.2, 0.25) is 5.91 Å². The van der Waals surface area contributed by atoms with Crippen molar-refractivity contribution in [1.29, 1.82) is 0 Å². The molecule has 6 nitrogen and oxygen atoms in total. The molecule has 0 aliphatic carbocycles. The van der Waals surface area contributed by atoms with E-state index in [9.17, 15) is 9.59 Å². The van der Waals surface area contributed by atoms with Gasteiger partial charge in [-0.15, -0.1) is 0 Å². The van der Waals surface area contributed by atoms with Crippen molar-refractivity contribution >= 4 is 11.9 Å². The second-order valence-corrected chi connectivity index (χ2v) is 4.63. The number of primary amides is 1. The van der Waals surface area contributed by atoms with Crippen LogP contribution in [0.2, 0.25) is 0 Å².